The molecular formula is C31H32F5N7O3. The molecule has 4 bridgehead atoms. The van der Waals surface area contributed by atoms with E-state index >= 15 is 4.39 Å². The lowest BCUT2D eigenvalue weighted by Gasteiger charge is -2.52. The highest BCUT2D eigenvalue weighted by Gasteiger charge is 2.58. The average Bonchev–Trinajstić information content (AvgIpc) is 3.27. The first-order valence-corrected chi connectivity index (χ1v) is 15.3. The van der Waals surface area contributed by atoms with Crippen LogP contribution in [0.2, 0.25) is 0 Å². The third-order valence-corrected chi connectivity index (χ3v) is 10.3. The predicted octanol–water partition coefficient (Wildman–Crippen LogP) is 3.71. The lowest BCUT2D eigenvalue weighted by Crippen LogP contribution is -2.75. The first-order chi connectivity index (χ1) is 21.7. The van der Waals surface area contributed by atoms with Crippen molar-refractivity contribution in [3.8, 4) is 22.9 Å². The lowest BCUT2D eigenvalue weighted by atomic mass is 9.87. The summed E-state index contributed by atoms with van der Waals surface area (Å²) in [6.07, 6.45) is -3.47. The number of pyridine rings is 2. The van der Waals surface area contributed by atoms with Crippen molar-refractivity contribution in [2.45, 2.75) is 82.2 Å². The molecule has 0 saturated carbocycles. The molecule has 0 radical (unpaired) electrons. The van der Waals surface area contributed by atoms with E-state index in [1.807, 2.05) is 16.7 Å². The predicted molar refractivity (Wildman–Crippen MR) is 157 cm³/mol. The number of fused-ring (bicyclic) bond motifs is 7. The zero-order valence-electron chi connectivity index (χ0n) is 25.3. The molecule has 1 amide bonds. The molecule has 1 aromatic carbocycles. The Hall–Kier alpha value is -3.98. The number of aryl methyl sites for hydroxylation is 2. The number of hydrogen-bond donors (Lipinski definition) is 3. The number of nitrogens with two attached hydrogens (primary N) is 1. The smallest absolute Gasteiger partial charge is 0.472 e. The number of nitrogen functional groups attached to an aromatic ring is 1. The molecule has 6 atom stereocenters. The van der Waals surface area contributed by atoms with Crippen molar-refractivity contribution < 1.29 is 36.2 Å². The van der Waals surface area contributed by atoms with Gasteiger partial charge in [-0.1, -0.05) is 0 Å². The molecule has 3 aromatic rings. The number of piperazine rings is 2. The third-order valence-electron chi connectivity index (χ3n) is 10.3. The van der Waals surface area contributed by atoms with Gasteiger partial charge in [0, 0.05) is 60.6 Å². The van der Waals surface area contributed by atoms with Crippen LogP contribution < -0.4 is 30.7 Å². The van der Waals surface area contributed by atoms with Crippen molar-refractivity contribution in [2.24, 2.45) is 0 Å². The van der Waals surface area contributed by atoms with Crippen molar-refractivity contribution in [3.63, 3.8) is 0 Å². The molecule has 9 rings (SSSR count). The normalized spacial score (nSPS) is 29.6. The molecular weight excluding hydrogens is 613 g/mol. The number of carbonyl (C=O) groups excluding carboxylic acids is 1. The molecule has 5 fully saturated rings. The minimum Gasteiger partial charge on any atom is -0.472 e. The molecule has 8 heterocycles. The monoisotopic (exact) mass is 645 g/mol. The first kappa shape index (κ1) is 29.4. The number of benzene rings is 1. The van der Waals surface area contributed by atoms with E-state index in [2.05, 4.69) is 20.4 Å². The number of nitrogens with one attached hydrogen (secondary N) is 2. The lowest BCUT2D eigenvalue weighted by molar-refractivity contribution is -0.275. The number of ether oxygens (including phenoxy) is 2. The molecule has 4 N–H and O–H groups in total. The van der Waals surface area contributed by atoms with Crippen LogP contribution in [0.5, 0.6) is 11.6 Å². The molecule has 2 aromatic heterocycles. The van der Waals surface area contributed by atoms with Gasteiger partial charge in [-0.05, 0) is 51.7 Å². The van der Waals surface area contributed by atoms with Crippen molar-refractivity contribution in [1.29, 1.82) is 0 Å². The Morgan fingerprint density at radius 3 is 2.57 bits per heavy atom. The number of aromatic nitrogens is 2. The topological polar surface area (TPSA) is 118 Å². The fourth-order valence-electron chi connectivity index (χ4n) is 8.22. The van der Waals surface area contributed by atoms with Crippen LogP contribution in [-0.2, 0) is 4.79 Å². The van der Waals surface area contributed by atoms with Crippen LogP contribution in [0.25, 0.3) is 22.0 Å². The second-order valence-corrected chi connectivity index (χ2v) is 13.2. The minimum absolute atomic E-state index is 0.0181. The zero-order valence-corrected chi connectivity index (χ0v) is 25.3. The maximum Gasteiger partial charge on any atom is 0.573 e. The molecule has 5 saturated heterocycles. The van der Waals surface area contributed by atoms with Gasteiger partial charge in [0.2, 0.25) is 11.8 Å². The van der Waals surface area contributed by atoms with Gasteiger partial charge in [-0.25, -0.2) is 18.7 Å². The van der Waals surface area contributed by atoms with Gasteiger partial charge in [0.15, 0.2) is 17.4 Å². The Kier molecular flexibility index (Phi) is 6.25. The van der Waals surface area contributed by atoms with E-state index in [1.165, 1.54) is 0 Å². The molecule has 3 unspecified atom stereocenters. The van der Waals surface area contributed by atoms with E-state index < -0.39 is 46.6 Å². The molecule has 15 heteroatoms. The number of anilines is 2. The summed E-state index contributed by atoms with van der Waals surface area (Å²) in [6.45, 7) is 6.72. The number of hydrogen-bond acceptors (Lipinski definition) is 9. The van der Waals surface area contributed by atoms with E-state index in [9.17, 15) is 22.4 Å². The number of nitrogens with zero attached hydrogens (tertiary/aromatic N) is 4. The van der Waals surface area contributed by atoms with Gasteiger partial charge in [-0.15, -0.1) is 13.2 Å². The van der Waals surface area contributed by atoms with E-state index in [-0.39, 0.29) is 46.9 Å². The Bertz CT molecular complexity index is 1810. The molecule has 244 valence electrons. The summed E-state index contributed by atoms with van der Waals surface area (Å²) >= 11 is 0. The van der Waals surface area contributed by atoms with Crippen molar-refractivity contribution in [3.05, 3.63) is 35.0 Å². The van der Waals surface area contributed by atoms with Crippen LogP contribution in [0, 0.1) is 25.5 Å². The van der Waals surface area contributed by atoms with Crippen LogP contribution in [0.15, 0.2) is 12.1 Å². The van der Waals surface area contributed by atoms with Crippen molar-refractivity contribution >= 4 is 28.2 Å². The Labute approximate surface area is 260 Å². The maximum atomic E-state index is 16.8. The van der Waals surface area contributed by atoms with E-state index in [1.54, 1.807) is 13.8 Å². The number of halogens is 5. The van der Waals surface area contributed by atoms with Crippen LogP contribution in [0.1, 0.15) is 37.4 Å². The molecule has 6 aliphatic heterocycles. The van der Waals surface area contributed by atoms with E-state index in [0.717, 1.165) is 12.5 Å². The fraction of sp³-hybridized carbons (Fsp3) is 0.516. The second kappa shape index (κ2) is 9.77. The number of rotatable bonds is 3. The number of carbonyl (C=O) groups is 1. The molecule has 10 nitrogen and oxygen atoms in total. The van der Waals surface area contributed by atoms with Crippen LogP contribution in [-0.4, -0.2) is 82.6 Å². The zero-order chi connectivity index (χ0) is 32.4. The van der Waals surface area contributed by atoms with Crippen LogP contribution in [0.4, 0.5) is 33.5 Å². The van der Waals surface area contributed by atoms with Gasteiger partial charge in [-0.3, -0.25) is 10.1 Å². The highest BCUT2D eigenvalue weighted by Crippen LogP contribution is 2.49. The largest absolute Gasteiger partial charge is 0.573 e. The molecule has 0 spiro atoms. The molecule has 6 aliphatic rings. The minimum atomic E-state index is -5.27. The van der Waals surface area contributed by atoms with Crippen molar-refractivity contribution in [1.82, 2.24) is 25.5 Å². The third kappa shape index (κ3) is 4.30. The highest BCUT2D eigenvalue weighted by atomic mass is 19.4. The molecule has 0 aliphatic carbocycles. The summed E-state index contributed by atoms with van der Waals surface area (Å²) in [5, 5.41) is 7.34. The summed E-state index contributed by atoms with van der Waals surface area (Å²) < 4.78 is 82.2. The summed E-state index contributed by atoms with van der Waals surface area (Å²) in [5.41, 5.74) is 4.33. The highest BCUT2D eigenvalue weighted by molar-refractivity contribution is 6.02. The number of amides is 1. The van der Waals surface area contributed by atoms with Gasteiger partial charge >= 0.3 is 6.36 Å². The maximum absolute atomic E-state index is 16.8. The van der Waals surface area contributed by atoms with Gasteiger partial charge in [0.05, 0.1) is 17.0 Å². The summed E-state index contributed by atoms with van der Waals surface area (Å²) in [5.74, 6) is -3.34. The SMILES string of the molecule is Cc1nc2c3c(nc(-c4cc(N)cc(F)c4OC(F)(F)F)c(F)c3c1C)OC(C)[C@@H]1[C@@H]3CC[C@](C(=O)N4CC5CC(C4)N5)(CN21)N3. The van der Waals surface area contributed by atoms with Gasteiger partial charge in [-0.2, -0.15) is 0 Å². The number of piperidine rings is 1. The summed E-state index contributed by atoms with van der Waals surface area (Å²) in [4.78, 5) is 27.4. The van der Waals surface area contributed by atoms with E-state index in [0.29, 0.717) is 61.2 Å². The van der Waals surface area contributed by atoms with Crippen LogP contribution >= 0.6 is 0 Å². The second-order valence-electron chi connectivity index (χ2n) is 13.2. The molecule has 46 heavy (non-hydrogen) atoms. The van der Waals surface area contributed by atoms with Gasteiger partial charge in [0.1, 0.15) is 23.2 Å². The summed E-state index contributed by atoms with van der Waals surface area (Å²) in [6, 6.07) is 1.75. The van der Waals surface area contributed by atoms with Crippen molar-refractivity contribution in [2.75, 3.05) is 30.3 Å². The fourth-order valence-corrected chi connectivity index (χ4v) is 8.22. The van der Waals surface area contributed by atoms with E-state index in [4.69, 9.17) is 15.5 Å². The Morgan fingerprint density at radius 1 is 1.15 bits per heavy atom. The quantitative estimate of drug-likeness (QED) is 0.290. The average molecular weight is 646 g/mol. The van der Waals surface area contributed by atoms with Gasteiger partial charge in [0.25, 0.3) is 0 Å². The summed E-state index contributed by atoms with van der Waals surface area (Å²) in [7, 11) is 0. The van der Waals surface area contributed by atoms with Gasteiger partial charge < -0.3 is 30.3 Å². The Balaban J connectivity index is 1.29. The standard InChI is InChI=1S/C31H32F5N7O3/c1-12-13(2)38-27-22-21(12)23(33)24(18-6-15(37)7-19(32)26(18)46-31(34,35)36)40-28(22)45-14(3)25-20-4-5-30(41-20,11-43(25)27)29(44)42-9-16-8-17(10-42)39-16/h6-7,14,16-17,20,25,39,41H,4-5,8-11,37H2,1-3H3/t14?,16?,17?,20-,25+,30+/m0/s1. The van der Waals surface area contributed by atoms with Crippen LogP contribution in [0.3, 0.4) is 0 Å². The number of alkyl halides is 3. The first-order valence-electron chi connectivity index (χ1n) is 15.3. The Morgan fingerprint density at radius 2 is 1.87 bits per heavy atom.